The molecule has 1 unspecified atom stereocenters. The van der Waals surface area contributed by atoms with Gasteiger partial charge in [-0.2, -0.15) is 0 Å². The highest BCUT2D eigenvalue weighted by Crippen LogP contribution is 2.15. The van der Waals surface area contributed by atoms with Gasteiger partial charge >= 0.3 is 12.0 Å². The van der Waals surface area contributed by atoms with E-state index in [1.54, 1.807) is 4.90 Å². The summed E-state index contributed by atoms with van der Waals surface area (Å²) >= 11 is 0. The summed E-state index contributed by atoms with van der Waals surface area (Å²) in [7, 11) is 1.52. The van der Waals surface area contributed by atoms with Gasteiger partial charge in [-0.25, -0.2) is 9.59 Å². The molecule has 18 heavy (non-hydrogen) atoms. The Morgan fingerprint density at radius 1 is 1.44 bits per heavy atom. The highest BCUT2D eigenvalue weighted by atomic mass is 16.5. The number of likely N-dealkylation sites (N-methyl/N-ethyl adjacent to an activating group) is 1. The number of likely N-dealkylation sites (tertiary alicyclic amines) is 1. The number of nitrogens with zero attached hydrogens (tertiary/aromatic N) is 2. The summed E-state index contributed by atoms with van der Waals surface area (Å²) in [6.07, 6.45) is 1.85. The number of hydrogen-bond donors (Lipinski definition) is 1. The molecule has 1 N–H and O–H groups in total. The molecule has 1 rings (SSSR count). The number of carbonyl (C=O) groups is 2. The van der Waals surface area contributed by atoms with E-state index in [1.807, 2.05) is 6.92 Å². The molecule has 0 spiro atoms. The molecule has 2 amide bonds. The lowest BCUT2D eigenvalue weighted by Crippen LogP contribution is -2.50. The number of carboxylic acid groups (broad SMARTS) is 1. The molecule has 1 atom stereocenters. The maximum Gasteiger partial charge on any atom is 0.326 e. The van der Waals surface area contributed by atoms with Crippen LogP contribution in [0.1, 0.15) is 26.7 Å². The standard InChI is InChI=1S/C12H22N2O4/c1-4-18-10-5-7-14(8-6-10)12(17)13(3)9(2)11(15)16/h9-10H,4-8H2,1-3H3,(H,15,16). The quantitative estimate of drug-likeness (QED) is 0.817. The fourth-order valence-corrected chi connectivity index (χ4v) is 2.00. The second kappa shape index (κ2) is 6.58. The minimum absolute atomic E-state index is 0.222. The third-order valence-corrected chi connectivity index (χ3v) is 3.35. The van der Waals surface area contributed by atoms with Gasteiger partial charge in [-0.15, -0.1) is 0 Å². The lowest BCUT2D eigenvalue weighted by Gasteiger charge is -2.35. The number of rotatable bonds is 4. The molecule has 0 aromatic carbocycles. The van der Waals surface area contributed by atoms with Crippen LogP contribution in [0.3, 0.4) is 0 Å². The van der Waals surface area contributed by atoms with E-state index in [1.165, 1.54) is 18.9 Å². The zero-order valence-electron chi connectivity index (χ0n) is 11.3. The van der Waals surface area contributed by atoms with E-state index in [-0.39, 0.29) is 12.1 Å². The molecule has 0 aromatic rings. The predicted octanol–water partition coefficient (Wildman–Crippen LogP) is 1.01. The number of carbonyl (C=O) groups excluding carboxylic acids is 1. The molecule has 6 heteroatoms. The normalized spacial score (nSPS) is 18.5. The van der Waals surface area contributed by atoms with Crippen LogP contribution in [0.15, 0.2) is 0 Å². The van der Waals surface area contributed by atoms with Gasteiger partial charge in [0.1, 0.15) is 6.04 Å². The third-order valence-electron chi connectivity index (χ3n) is 3.35. The molecule has 1 heterocycles. The van der Waals surface area contributed by atoms with Gasteiger partial charge in [0.25, 0.3) is 0 Å². The van der Waals surface area contributed by atoms with Gasteiger partial charge in [0.05, 0.1) is 6.10 Å². The SMILES string of the molecule is CCOC1CCN(C(=O)N(C)C(C)C(=O)O)CC1. The fourth-order valence-electron chi connectivity index (χ4n) is 2.00. The van der Waals surface area contributed by atoms with Crippen LogP contribution in [0, 0.1) is 0 Å². The molecular weight excluding hydrogens is 236 g/mol. The highest BCUT2D eigenvalue weighted by molar-refractivity contribution is 5.82. The van der Waals surface area contributed by atoms with Crippen molar-refractivity contribution in [2.45, 2.75) is 38.8 Å². The minimum atomic E-state index is -0.991. The van der Waals surface area contributed by atoms with Crippen LogP contribution in [-0.4, -0.2) is 65.8 Å². The second-order valence-electron chi connectivity index (χ2n) is 4.55. The van der Waals surface area contributed by atoms with Crippen molar-refractivity contribution in [3.05, 3.63) is 0 Å². The Labute approximate surface area is 107 Å². The van der Waals surface area contributed by atoms with Crippen LogP contribution >= 0.6 is 0 Å². The molecule has 6 nitrogen and oxygen atoms in total. The number of urea groups is 1. The largest absolute Gasteiger partial charge is 0.480 e. The first-order valence-corrected chi connectivity index (χ1v) is 6.33. The first-order valence-electron chi connectivity index (χ1n) is 6.33. The maximum atomic E-state index is 12.1. The summed E-state index contributed by atoms with van der Waals surface area (Å²) in [5, 5.41) is 8.88. The van der Waals surface area contributed by atoms with Crippen LogP contribution in [0.5, 0.6) is 0 Å². The average Bonchev–Trinajstić information content (AvgIpc) is 2.37. The summed E-state index contributed by atoms with van der Waals surface area (Å²) < 4.78 is 5.51. The second-order valence-corrected chi connectivity index (χ2v) is 4.55. The highest BCUT2D eigenvalue weighted by Gasteiger charge is 2.29. The van der Waals surface area contributed by atoms with Gasteiger partial charge in [0.15, 0.2) is 0 Å². The summed E-state index contributed by atoms with van der Waals surface area (Å²) in [5.74, 6) is -0.991. The lowest BCUT2D eigenvalue weighted by atomic mass is 10.1. The minimum Gasteiger partial charge on any atom is -0.480 e. The van der Waals surface area contributed by atoms with Gasteiger partial charge in [0, 0.05) is 26.7 Å². The molecule has 0 aromatic heterocycles. The van der Waals surface area contributed by atoms with Crippen molar-refractivity contribution >= 4 is 12.0 Å². The number of carboxylic acids is 1. The molecule has 1 saturated heterocycles. The van der Waals surface area contributed by atoms with Crippen LogP contribution in [0.4, 0.5) is 4.79 Å². The van der Waals surface area contributed by atoms with E-state index in [0.717, 1.165) is 12.8 Å². The van der Waals surface area contributed by atoms with Crippen LogP contribution in [0.2, 0.25) is 0 Å². The molecule has 0 bridgehead atoms. The number of hydrogen-bond acceptors (Lipinski definition) is 3. The smallest absolute Gasteiger partial charge is 0.326 e. The molecule has 0 saturated carbocycles. The molecule has 1 aliphatic rings. The Balaban J connectivity index is 2.47. The summed E-state index contributed by atoms with van der Waals surface area (Å²) in [6.45, 7) is 5.40. The molecule has 0 radical (unpaired) electrons. The zero-order chi connectivity index (χ0) is 13.7. The number of aliphatic carboxylic acids is 1. The van der Waals surface area contributed by atoms with Gasteiger partial charge < -0.3 is 19.6 Å². The van der Waals surface area contributed by atoms with Gasteiger partial charge in [-0.3, -0.25) is 0 Å². The predicted molar refractivity (Wildman–Crippen MR) is 66.5 cm³/mol. The molecule has 1 fully saturated rings. The summed E-state index contributed by atoms with van der Waals surface area (Å²) in [4.78, 5) is 25.8. The Bertz CT molecular complexity index is 300. The van der Waals surface area contributed by atoms with Crippen molar-refractivity contribution in [1.29, 1.82) is 0 Å². The number of amides is 2. The van der Waals surface area contributed by atoms with E-state index >= 15 is 0 Å². The molecule has 0 aliphatic carbocycles. The van der Waals surface area contributed by atoms with Crippen molar-refractivity contribution in [3.8, 4) is 0 Å². The van der Waals surface area contributed by atoms with Crippen molar-refractivity contribution in [1.82, 2.24) is 9.80 Å². The lowest BCUT2D eigenvalue weighted by molar-refractivity contribution is -0.141. The van der Waals surface area contributed by atoms with Gasteiger partial charge in [-0.1, -0.05) is 0 Å². The number of piperidine rings is 1. The van der Waals surface area contributed by atoms with Crippen LogP contribution < -0.4 is 0 Å². The van der Waals surface area contributed by atoms with Gasteiger partial charge in [0.2, 0.25) is 0 Å². The van der Waals surface area contributed by atoms with Crippen molar-refractivity contribution in [2.24, 2.45) is 0 Å². The van der Waals surface area contributed by atoms with Crippen LogP contribution in [0.25, 0.3) is 0 Å². The fraction of sp³-hybridized carbons (Fsp3) is 0.833. The topological polar surface area (TPSA) is 70.1 Å². The summed E-state index contributed by atoms with van der Waals surface area (Å²) in [5.41, 5.74) is 0. The van der Waals surface area contributed by atoms with E-state index < -0.39 is 12.0 Å². The first-order chi connectivity index (χ1) is 8.47. The van der Waals surface area contributed by atoms with Crippen molar-refractivity contribution < 1.29 is 19.4 Å². The Hall–Kier alpha value is -1.30. The van der Waals surface area contributed by atoms with E-state index in [4.69, 9.17) is 9.84 Å². The van der Waals surface area contributed by atoms with Crippen molar-refractivity contribution in [2.75, 3.05) is 26.7 Å². The van der Waals surface area contributed by atoms with Gasteiger partial charge in [-0.05, 0) is 26.7 Å². The third kappa shape index (κ3) is 3.60. The van der Waals surface area contributed by atoms with E-state index in [0.29, 0.717) is 19.7 Å². The van der Waals surface area contributed by atoms with E-state index in [9.17, 15) is 9.59 Å². The Morgan fingerprint density at radius 2 is 2.00 bits per heavy atom. The monoisotopic (exact) mass is 258 g/mol. The Morgan fingerprint density at radius 3 is 2.44 bits per heavy atom. The molecular formula is C12H22N2O4. The van der Waals surface area contributed by atoms with Crippen LogP contribution in [-0.2, 0) is 9.53 Å². The van der Waals surface area contributed by atoms with Crippen molar-refractivity contribution in [3.63, 3.8) is 0 Å². The average molecular weight is 258 g/mol. The molecule has 104 valence electrons. The molecule has 1 aliphatic heterocycles. The summed E-state index contributed by atoms with van der Waals surface area (Å²) in [6, 6.07) is -1.03. The Kier molecular flexibility index (Phi) is 5.40. The number of ether oxygens (including phenoxy) is 1. The maximum absolute atomic E-state index is 12.1. The first kappa shape index (κ1) is 14.8. The van der Waals surface area contributed by atoms with E-state index in [2.05, 4.69) is 0 Å². The zero-order valence-corrected chi connectivity index (χ0v) is 11.3.